The predicted octanol–water partition coefficient (Wildman–Crippen LogP) is 6.09. The van der Waals surface area contributed by atoms with E-state index in [4.69, 9.17) is 28.3 Å². The molecule has 0 radical (unpaired) electrons. The highest BCUT2D eigenvalue weighted by Gasteiger charge is 2.24. The largest absolute Gasteiger partial charge is 0.324 e. The second kappa shape index (κ2) is 7.62. The minimum Gasteiger partial charge on any atom is -0.308 e. The van der Waals surface area contributed by atoms with Gasteiger partial charge in [0.25, 0.3) is 0 Å². The Balaban J connectivity index is 1.58. The molecule has 0 atom stereocenters. The molecule has 1 fully saturated rings. The first-order valence-corrected chi connectivity index (χ1v) is 9.53. The van der Waals surface area contributed by atoms with Gasteiger partial charge in [-0.1, -0.05) is 47.8 Å². The van der Waals surface area contributed by atoms with Gasteiger partial charge in [-0.05, 0) is 43.2 Å². The van der Waals surface area contributed by atoms with Crippen LogP contribution in [0.2, 0.25) is 10.0 Å². The molecule has 3 aromatic rings. The molecule has 1 saturated carbocycles. The number of hydrogen-bond acceptors (Lipinski definition) is 2. The summed E-state index contributed by atoms with van der Waals surface area (Å²) in [5.74, 6) is 1.08. The molecule has 0 unspecified atom stereocenters. The Bertz CT molecular complexity index is 947. The number of halogens is 2. The van der Waals surface area contributed by atoms with Gasteiger partial charge in [0.15, 0.2) is 0 Å². The van der Waals surface area contributed by atoms with Crippen LogP contribution in [0.1, 0.15) is 30.9 Å². The van der Waals surface area contributed by atoms with Crippen molar-refractivity contribution in [2.45, 2.75) is 25.2 Å². The maximum absolute atomic E-state index is 12.5. The maximum atomic E-state index is 12.5. The van der Waals surface area contributed by atoms with Gasteiger partial charge in [-0.3, -0.25) is 5.32 Å². The Morgan fingerprint density at radius 2 is 1.70 bits per heavy atom. The third-order valence-corrected chi connectivity index (χ3v) is 5.05. The van der Waals surface area contributed by atoms with Crippen molar-refractivity contribution in [2.24, 2.45) is 0 Å². The van der Waals surface area contributed by atoms with Crippen LogP contribution in [0.25, 0.3) is 5.69 Å². The number of urea groups is 1. The molecule has 2 amide bonds. The van der Waals surface area contributed by atoms with E-state index in [1.807, 2.05) is 36.4 Å². The molecule has 2 N–H and O–H groups in total. The van der Waals surface area contributed by atoms with Crippen molar-refractivity contribution in [2.75, 3.05) is 10.6 Å². The van der Waals surface area contributed by atoms with Crippen LogP contribution in [0.3, 0.4) is 0 Å². The van der Waals surface area contributed by atoms with Crippen LogP contribution in [-0.2, 0) is 0 Å². The quantitative estimate of drug-likeness (QED) is 0.556. The van der Waals surface area contributed by atoms with Gasteiger partial charge >= 0.3 is 6.03 Å². The lowest BCUT2D eigenvalue weighted by Gasteiger charge is -2.22. The van der Waals surface area contributed by atoms with E-state index in [0.717, 1.165) is 24.2 Å². The summed E-state index contributed by atoms with van der Waals surface area (Å²) in [7, 11) is 0. The smallest absolute Gasteiger partial charge is 0.308 e. The summed E-state index contributed by atoms with van der Waals surface area (Å²) in [6.45, 7) is 0. The summed E-state index contributed by atoms with van der Waals surface area (Å²) >= 11 is 12.0. The molecule has 1 aliphatic rings. The number of benzene rings is 2. The minimum atomic E-state index is -0.384. The van der Waals surface area contributed by atoms with Gasteiger partial charge in [0, 0.05) is 27.7 Å². The van der Waals surface area contributed by atoms with Crippen molar-refractivity contribution in [3.63, 3.8) is 0 Å². The zero-order valence-corrected chi connectivity index (χ0v) is 16.0. The first-order valence-electron chi connectivity index (χ1n) is 8.78. The van der Waals surface area contributed by atoms with Gasteiger partial charge < -0.3 is 5.32 Å². The molecule has 1 aliphatic carbocycles. The van der Waals surface area contributed by atoms with Crippen molar-refractivity contribution in [3.8, 4) is 5.69 Å². The van der Waals surface area contributed by atoms with Crippen molar-refractivity contribution < 1.29 is 4.79 Å². The van der Waals surface area contributed by atoms with E-state index in [1.165, 1.54) is 6.42 Å². The molecule has 2 aromatic carbocycles. The molecule has 7 heteroatoms. The molecular weight excluding hydrogens is 383 g/mol. The fourth-order valence-electron chi connectivity index (χ4n) is 3.06. The topological polar surface area (TPSA) is 59.0 Å². The van der Waals surface area contributed by atoms with E-state index in [0.29, 0.717) is 27.5 Å². The van der Waals surface area contributed by atoms with Crippen LogP contribution in [0, 0.1) is 0 Å². The van der Waals surface area contributed by atoms with Crippen molar-refractivity contribution in [1.29, 1.82) is 0 Å². The number of para-hydroxylation sites is 1. The first-order chi connectivity index (χ1) is 13.1. The maximum Gasteiger partial charge on any atom is 0.324 e. The molecule has 138 valence electrons. The number of hydrogen-bond donors (Lipinski definition) is 2. The van der Waals surface area contributed by atoms with Crippen LogP contribution >= 0.6 is 23.2 Å². The average molecular weight is 401 g/mol. The highest BCUT2D eigenvalue weighted by atomic mass is 35.5. The van der Waals surface area contributed by atoms with Crippen LogP contribution < -0.4 is 10.6 Å². The van der Waals surface area contributed by atoms with E-state index in [2.05, 4.69) is 10.6 Å². The van der Waals surface area contributed by atoms with Crippen molar-refractivity contribution in [3.05, 3.63) is 70.3 Å². The summed E-state index contributed by atoms with van der Waals surface area (Å²) in [6, 6.07) is 16.2. The van der Waals surface area contributed by atoms with Crippen LogP contribution in [0.5, 0.6) is 0 Å². The normalized spacial score (nSPS) is 13.9. The number of carbonyl (C=O) groups excluding carboxylic acids is 1. The van der Waals surface area contributed by atoms with E-state index in [-0.39, 0.29) is 6.03 Å². The van der Waals surface area contributed by atoms with E-state index in [1.54, 1.807) is 22.9 Å². The van der Waals surface area contributed by atoms with Gasteiger partial charge in [-0.2, -0.15) is 5.10 Å². The first kappa shape index (κ1) is 17.9. The lowest BCUT2D eigenvalue weighted by atomic mass is 9.83. The van der Waals surface area contributed by atoms with E-state index in [9.17, 15) is 4.79 Å². The molecule has 0 saturated heterocycles. The summed E-state index contributed by atoms with van der Waals surface area (Å²) < 4.78 is 1.76. The highest BCUT2D eigenvalue weighted by Crippen LogP contribution is 2.37. The van der Waals surface area contributed by atoms with Gasteiger partial charge in [0.05, 0.1) is 11.4 Å². The zero-order valence-electron chi connectivity index (χ0n) is 14.5. The third-order valence-electron chi connectivity index (χ3n) is 4.61. The number of carbonyl (C=O) groups is 1. The Hall–Kier alpha value is -2.50. The molecule has 4 rings (SSSR count). The molecule has 5 nitrogen and oxygen atoms in total. The molecule has 27 heavy (non-hydrogen) atoms. The standard InChI is InChI=1S/C20H18Cl2N4O/c21-14-9-15(22)11-16(10-14)23-20(27)24-19-12-18(13-5-4-6-13)25-26(19)17-7-2-1-3-8-17/h1-3,7-13H,4-6H2,(H2,23,24,27). The summed E-state index contributed by atoms with van der Waals surface area (Å²) in [5.41, 5.74) is 2.42. The molecule has 0 spiro atoms. The second-order valence-electron chi connectivity index (χ2n) is 6.57. The van der Waals surface area contributed by atoms with Crippen molar-refractivity contribution in [1.82, 2.24) is 9.78 Å². The average Bonchev–Trinajstić information content (AvgIpc) is 2.96. The number of nitrogens with zero attached hydrogens (tertiary/aromatic N) is 2. The van der Waals surface area contributed by atoms with E-state index < -0.39 is 0 Å². The zero-order chi connectivity index (χ0) is 18.8. The summed E-state index contributed by atoms with van der Waals surface area (Å²) in [6.07, 6.45) is 3.50. The molecular formula is C20H18Cl2N4O. The Kier molecular flexibility index (Phi) is 5.05. The van der Waals surface area contributed by atoms with E-state index >= 15 is 0 Å². The monoisotopic (exact) mass is 400 g/mol. The molecule has 0 aliphatic heterocycles. The number of aromatic nitrogens is 2. The fourth-order valence-corrected chi connectivity index (χ4v) is 3.59. The fraction of sp³-hybridized carbons (Fsp3) is 0.200. The molecule has 1 aromatic heterocycles. The number of anilines is 2. The Morgan fingerprint density at radius 1 is 1.00 bits per heavy atom. The number of amides is 2. The Labute approximate surface area is 167 Å². The van der Waals surface area contributed by atoms with Crippen LogP contribution in [-0.4, -0.2) is 15.8 Å². The van der Waals surface area contributed by atoms with Crippen LogP contribution in [0.15, 0.2) is 54.6 Å². The van der Waals surface area contributed by atoms with Crippen LogP contribution in [0.4, 0.5) is 16.3 Å². The number of rotatable bonds is 4. The van der Waals surface area contributed by atoms with Gasteiger partial charge in [-0.15, -0.1) is 0 Å². The SMILES string of the molecule is O=C(Nc1cc(Cl)cc(Cl)c1)Nc1cc(C2CCC2)nn1-c1ccccc1. The summed E-state index contributed by atoms with van der Waals surface area (Å²) in [4.78, 5) is 12.5. The predicted molar refractivity (Wildman–Crippen MR) is 109 cm³/mol. The minimum absolute atomic E-state index is 0.384. The van der Waals surface area contributed by atoms with Gasteiger partial charge in [0.2, 0.25) is 0 Å². The lowest BCUT2D eigenvalue weighted by Crippen LogP contribution is -2.21. The number of nitrogens with one attached hydrogen (secondary N) is 2. The second-order valence-corrected chi connectivity index (χ2v) is 7.44. The molecule has 0 bridgehead atoms. The van der Waals surface area contributed by atoms with Gasteiger partial charge in [0.1, 0.15) is 5.82 Å². The third kappa shape index (κ3) is 4.10. The Morgan fingerprint density at radius 3 is 2.33 bits per heavy atom. The van der Waals surface area contributed by atoms with Gasteiger partial charge in [-0.25, -0.2) is 9.48 Å². The highest BCUT2D eigenvalue weighted by molar-refractivity contribution is 6.35. The summed E-state index contributed by atoms with van der Waals surface area (Å²) in [5, 5.41) is 11.3. The molecule has 1 heterocycles. The van der Waals surface area contributed by atoms with Crippen molar-refractivity contribution >= 4 is 40.7 Å². The lowest BCUT2D eigenvalue weighted by molar-refractivity contribution is 0.262.